The molecule has 0 bridgehead atoms. The highest BCUT2D eigenvalue weighted by molar-refractivity contribution is 5.81. The molecule has 0 radical (unpaired) electrons. The number of carboxylic acid groups (broad SMARTS) is 1. The molecule has 118 valence electrons. The van der Waals surface area contributed by atoms with Crippen LogP contribution in [0.25, 0.3) is 11.2 Å². The van der Waals surface area contributed by atoms with Crippen molar-refractivity contribution in [2.75, 3.05) is 5.73 Å². The molecule has 1 aliphatic rings. The molecule has 2 unspecified atom stereocenters. The van der Waals surface area contributed by atoms with Crippen molar-refractivity contribution in [2.45, 2.75) is 37.4 Å². The molecule has 2 aromatic rings. The van der Waals surface area contributed by atoms with Gasteiger partial charge in [-0.1, -0.05) is 0 Å². The summed E-state index contributed by atoms with van der Waals surface area (Å²) in [5.74, 6) is -0.804. The summed E-state index contributed by atoms with van der Waals surface area (Å²) in [6, 6.07) is 0. The van der Waals surface area contributed by atoms with Crippen molar-refractivity contribution in [3.63, 3.8) is 0 Å². The van der Waals surface area contributed by atoms with E-state index in [4.69, 9.17) is 15.6 Å². The standard InChI is InChI=1S/C12H15N5O5/c13-10-7-11(15-3-14-10)17(4-16-7)12-9(21)8(20)5(22-12)1-2-6(18)19/h3-5,8-9,12,20-21H,1-2H2,(H,18,19)(H2,13,14,15)/t5-,8?,9?,12-/m1/s1. The van der Waals surface area contributed by atoms with Gasteiger partial charge in [0.1, 0.15) is 24.1 Å². The number of hydrogen-bond acceptors (Lipinski definition) is 8. The van der Waals surface area contributed by atoms with E-state index < -0.39 is 30.5 Å². The van der Waals surface area contributed by atoms with Crippen LogP contribution in [-0.2, 0) is 9.53 Å². The second-order valence-corrected chi connectivity index (χ2v) is 5.06. The average Bonchev–Trinajstić information content (AvgIpc) is 3.01. The van der Waals surface area contributed by atoms with Gasteiger partial charge in [-0.2, -0.15) is 0 Å². The predicted octanol–water partition coefficient (Wildman–Crippen LogP) is -1.11. The zero-order valence-corrected chi connectivity index (χ0v) is 11.4. The highest BCUT2D eigenvalue weighted by Gasteiger charge is 2.44. The normalized spacial score (nSPS) is 28.3. The summed E-state index contributed by atoms with van der Waals surface area (Å²) < 4.78 is 7.03. The Morgan fingerprint density at radius 3 is 2.82 bits per heavy atom. The van der Waals surface area contributed by atoms with Crippen LogP contribution in [0.1, 0.15) is 19.1 Å². The van der Waals surface area contributed by atoms with Gasteiger partial charge in [-0.3, -0.25) is 9.36 Å². The Hall–Kier alpha value is -2.30. The topological polar surface area (TPSA) is 157 Å². The number of fused-ring (bicyclic) bond motifs is 1. The van der Waals surface area contributed by atoms with Crippen molar-refractivity contribution >= 4 is 23.0 Å². The molecule has 10 heteroatoms. The average molecular weight is 309 g/mol. The fraction of sp³-hybridized carbons (Fsp3) is 0.500. The number of ether oxygens (including phenoxy) is 1. The molecule has 3 rings (SSSR count). The number of anilines is 1. The molecule has 1 aliphatic heterocycles. The minimum absolute atomic E-state index is 0.0911. The number of imidazole rings is 1. The van der Waals surface area contributed by atoms with E-state index in [-0.39, 0.29) is 18.7 Å². The lowest BCUT2D eigenvalue weighted by Gasteiger charge is -2.16. The first-order valence-corrected chi connectivity index (χ1v) is 6.65. The summed E-state index contributed by atoms with van der Waals surface area (Å²) in [4.78, 5) is 22.6. The van der Waals surface area contributed by atoms with E-state index in [1.807, 2.05) is 0 Å². The van der Waals surface area contributed by atoms with Gasteiger partial charge < -0.3 is 25.8 Å². The maximum Gasteiger partial charge on any atom is 0.303 e. The lowest BCUT2D eigenvalue weighted by molar-refractivity contribution is -0.138. The summed E-state index contributed by atoms with van der Waals surface area (Å²) in [5, 5.41) is 28.9. The van der Waals surface area contributed by atoms with Gasteiger partial charge in [0.05, 0.1) is 12.4 Å². The van der Waals surface area contributed by atoms with E-state index >= 15 is 0 Å². The molecule has 0 spiro atoms. The van der Waals surface area contributed by atoms with E-state index in [1.165, 1.54) is 17.2 Å². The molecule has 22 heavy (non-hydrogen) atoms. The Bertz CT molecular complexity index is 704. The zero-order chi connectivity index (χ0) is 15.9. The number of aliphatic hydroxyl groups is 2. The third-order valence-electron chi connectivity index (χ3n) is 3.64. The van der Waals surface area contributed by atoms with Crippen LogP contribution in [0.2, 0.25) is 0 Å². The molecule has 1 saturated heterocycles. The zero-order valence-electron chi connectivity index (χ0n) is 11.4. The van der Waals surface area contributed by atoms with Gasteiger partial charge in [-0.15, -0.1) is 0 Å². The van der Waals surface area contributed by atoms with Crippen LogP contribution in [0, 0.1) is 0 Å². The summed E-state index contributed by atoms with van der Waals surface area (Å²) in [7, 11) is 0. The Labute approximate surface area is 124 Å². The smallest absolute Gasteiger partial charge is 0.303 e. The van der Waals surface area contributed by atoms with Gasteiger partial charge in [0.25, 0.3) is 0 Å². The number of aliphatic hydroxyl groups excluding tert-OH is 2. The lowest BCUT2D eigenvalue weighted by atomic mass is 10.1. The molecular weight excluding hydrogens is 294 g/mol. The van der Waals surface area contributed by atoms with Crippen LogP contribution in [0.4, 0.5) is 5.82 Å². The van der Waals surface area contributed by atoms with Crippen LogP contribution >= 0.6 is 0 Å². The van der Waals surface area contributed by atoms with Crippen LogP contribution in [0.15, 0.2) is 12.7 Å². The van der Waals surface area contributed by atoms with Gasteiger partial charge in [0.2, 0.25) is 0 Å². The van der Waals surface area contributed by atoms with Crippen LogP contribution < -0.4 is 5.73 Å². The minimum atomic E-state index is -1.23. The summed E-state index contributed by atoms with van der Waals surface area (Å²) in [6.07, 6.45) is -1.56. The highest BCUT2D eigenvalue weighted by Crippen LogP contribution is 2.33. The van der Waals surface area contributed by atoms with Crippen molar-refractivity contribution < 1.29 is 24.9 Å². The molecule has 3 heterocycles. The summed E-state index contributed by atoms with van der Waals surface area (Å²) in [5.41, 5.74) is 6.42. The first-order chi connectivity index (χ1) is 10.5. The van der Waals surface area contributed by atoms with Crippen molar-refractivity contribution in [3.8, 4) is 0 Å². The van der Waals surface area contributed by atoms with Crippen LogP contribution in [0.5, 0.6) is 0 Å². The van der Waals surface area contributed by atoms with Gasteiger partial charge >= 0.3 is 5.97 Å². The van der Waals surface area contributed by atoms with Gasteiger partial charge in [-0.05, 0) is 6.42 Å². The second-order valence-electron chi connectivity index (χ2n) is 5.06. The van der Waals surface area contributed by atoms with Gasteiger partial charge in [0.15, 0.2) is 17.7 Å². The van der Waals surface area contributed by atoms with Crippen LogP contribution in [0.3, 0.4) is 0 Å². The molecule has 0 aliphatic carbocycles. The maximum atomic E-state index is 10.6. The van der Waals surface area contributed by atoms with Gasteiger partial charge in [-0.25, -0.2) is 15.0 Å². The Kier molecular flexibility index (Phi) is 3.64. The van der Waals surface area contributed by atoms with E-state index in [1.54, 1.807) is 0 Å². The maximum absolute atomic E-state index is 10.6. The SMILES string of the molecule is Nc1ncnc2c1ncn2[C@@H]1O[C@H](CCC(=O)O)C(O)C1O. The number of carboxylic acids is 1. The monoisotopic (exact) mass is 309 g/mol. The van der Waals surface area contributed by atoms with E-state index in [2.05, 4.69) is 15.0 Å². The predicted molar refractivity (Wildman–Crippen MR) is 72.5 cm³/mol. The third kappa shape index (κ3) is 2.36. The molecular formula is C12H15N5O5. The van der Waals surface area contributed by atoms with Crippen molar-refractivity contribution in [2.24, 2.45) is 0 Å². The first kappa shape index (κ1) is 14.6. The number of aliphatic carboxylic acids is 1. The van der Waals surface area contributed by atoms with E-state index in [0.717, 1.165) is 0 Å². The van der Waals surface area contributed by atoms with Crippen LogP contribution in [-0.4, -0.2) is 59.1 Å². The first-order valence-electron chi connectivity index (χ1n) is 6.65. The lowest BCUT2D eigenvalue weighted by Crippen LogP contribution is -2.31. The number of aromatic nitrogens is 4. The largest absolute Gasteiger partial charge is 0.481 e. The Morgan fingerprint density at radius 1 is 1.32 bits per heavy atom. The Morgan fingerprint density at radius 2 is 2.09 bits per heavy atom. The summed E-state index contributed by atoms with van der Waals surface area (Å²) >= 11 is 0. The molecule has 0 aromatic carbocycles. The van der Waals surface area contributed by atoms with Gasteiger partial charge in [0, 0.05) is 6.42 Å². The number of rotatable bonds is 4. The second kappa shape index (κ2) is 5.48. The minimum Gasteiger partial charge on any atom is -0.481 e. The number of nitrogen functional groups attached to an aromatic ring is 1. The number of carbonyl (C=O) groups is 1. The molecule has 0 amide bonds. The quantitative estimate of drug-likeness (QED) is 0.549. The third-order valence-corrected chi connectivity index (χ3v) is 3.64. The molecule has 1 fully saturated rings. The fourth-order valence-corrected chi connectivity index (χ4v) is 2.52. The molecule has 5 N–H and O–H groups in total. The molecule has 0 saturated carbocycles. The summed E-state index contributed by atoms with van der Waals surface area (Å²) in [6.45, 7) is 0. The molecule has 10 nitrogen and oxygen atoms in total. The number of nitrogens with two attached hydrogens (primary N) is 1. The highest BCUT2D eigenvalue weighted by atomic mass is 16.6. The van der Waals surface area contributed by atoms with E-state index in [0.29, 0.717) is 11.2 Å². The Balaban J connectivity index is 1.87. The fourth-order valence-electron chi connectivity index (χ4n) is 2.52. The molecule has 2 aromatic heterocycles. The number of hydrogen-bond donors (Lipinski definition) is 4. The van der Waals surface area contributed by atoms with Crippen molar-refractivity contribution in [1.82, 2.24) is 19.5 Å². The molecule has 4 atom stereocenters. The van der Waals surface area contributed by atoms with Crippen molar-refractivity contribution in [1.29, 1.82) is 0 Å². The number of nitrogens with zero attached hydrogens (tertiary/aromatic N) is 4. The van der Waals surface area contributed by atoms with E-state index in [9.17, 15) is 15.0 Å². The van der Waals surface area contributed by atoms with Crippen molar-refractivity contribution in [3.05, 3.63) is 12.7 Å².